The van der Waals surface area contributed by atoms with E-state index in [1.54, 1.807) is 0 Å². The van der Waals surface area contributed by atoms with E-state index in [0.29, 0.717) is 17.4 Å². The van der Waals surface area contributed by atoms with Gasteiger partial charge in [0.15, 0.2) is 0 Å². The van der Waals surface area contributed by atoms with Gasteiger partial charge in [-0.15, -0.1) is 0 Å². The van der Waals surface area contributed by atoms with Crippen molar-refractivity contribution in [1.29, 1.82) is 0 Å². The minimum atomic E-state index is 0.335. The van der Waals surface area contributed by atoms with Crippen LogP contribution in [0.3, 0.4) is 0 Å². The van der Waals surface area contributed by atoms with Crippen molar-refractivity contribution in [1.82, 2.24) is 5.43 Å². The molecule has 0 amide bonds. The van der Waals surface area contributed by atoms with Crippen LogP contribution in [0.15, 0.2) is 24.3 Å². The van der Waals surface area contributed by atoms with Crippen LogP contribution < -0.4 is 11.3 Å². The van der Waals surface area contributed by atoms with Crippen molar-refractivity contribution in [2.75, 3.05) is 0 Å². The molecule has 3 N–H and O–H groups in total. The zero-order valence-corrected chi connectivity index (χ0v) is 12.5. The summed E-state index contributed by atoms with van der Waals surface area (Å²) in [5.41, 5.74) is 5.98. The van der Waals surface area contributed by atoms with Gasteiger partial charge < -0.3 is 0 Å². The second-order valence-electron chi connectivity index (χ2n) is 6.56. The Morgan fingerprint density at radius 3 is 2.44 bits per heavy atom. The fraction of sp³-hybridized carbons (Fsp3) is 0.625. The van der Waals surface area contributed by atoms with Gasteiger partial charge in [-0.1, -0.05) is 57.5 Å². The number of hydrazine groups is 1. The topological polar surface area (TPSA) is 38.0 Å². The zero-order chi connectivity index (χ0) is 13.8. The summed E-state index contributed by atoms with van der Waals surface area (Å²) >= 11 is 0. The highest BCUT2D eigenvalue weighted by Crippen LogP contribution is 2.29. The summed E-state index contributed by atoms with van der Waals surface area (Å²) < 4.78 is 0. The van der Waals surface area contributed by atoms with E-state index in [4.69, 9.17) is 5.84 Å². The van der Waals surface area contributed by atoms with Crippen molar-refractivity contribution in [2.24, 2.45) is 17.2 Å². The molecule has 2 unspecified atom stereocenters. The standard InChI is InChI=1S/C16H28N2/c1-12-7-6-8-14(9-12)11-15(18-17)10-13(2)16(3,4)5/h6-9,13,15,18H,10-11,17H2,1-5H3. The number of nitrogens with two attached hydrogens (primary N) is 1. The second kappa shape index (κ2) is 6.35. The zero-order valence-electron chi connectivity index (χ0n) is 12.5. The van der Waals surface area contributed by atoms with Crippen LogP contribution in [0, 0.1) is 18.3 Å². The average Bonchev–Trinajstić information content (AvgIpc) is 2.26. The van der Waals surface area contributed by atoms with E-state index >= 15 is 0 Å². The third-order valence-corrected chi connectivity index (χ3v) is 3.92. The molecule has 0 saturated carbocycles. The smallest absolute Gasteiger partial charge is 0.0253 e. The first kappa shape index (κ1) is 15.2. The molecule has 2 heteroatoms. The first-order valence-corrected chi connectivity index (χ1v) is 6.84. The molecular formula is C16H28N2. The highest BCUT2D eigenvalue weighted by Gasteiger charge is 2.23. The van der Waals surface area contributed by atoms with Crippen LogP contribution in [-0.4, -0.2) is 6.04 Å². The van der Waals surface area contributed by atoms with Gasteiger partial charge in [0, 0.05) is 6.04 Å². The molecule has 1 aromatic rings. The lowest BCUT2D eigenvalue weighted by atomic mass is 9.78. The first-order chi connectivity index (χ1) is 8.32. The van der Waals surface area contributed by atoms with Crippen LogP contribution in [-0.2, 0) is 6.42 Å². The molecule has 0 radical (unpaired) electrons. The molecule has 18 heavy (non-hydrogen) atoms. The van der Waals surface area contributed by atoms with Gasteiger partial charge in [-0.3, -0.25) is 11.3 Å². The quantitative estimate of drug-likeness (QED) is 0.619. The van der Waals surface area contributed by atoms with Crippen molar-refractivity contribution in [3.05, 3.63) is 35.4 Å². The van der Waals surface area contributed by atoms with Crippen LogP contribution in [0.4, 0.5) is 0 Å². The second-order valence-corrected chi connectivity index (χ2v) is 6.56. The van der Waals surface area contributed by atoms with E-state index in [0.717, 1.165) is 12.8 Å². The fourth-order valence-electron chi connectivity index (χ4n) is 2.11. The summed E-state index contributed by atoms with van der Waals surface area (Å²) in [6, 6.07) is 9.02. The number of nitrogens with one attached hydrogen (secondary N) is 1. The molecule has 0 aliphatic carbocycles. The average molecular weight is 248 g/mol. The van der Waals surface area contributed by atoms with Crippen LogP contribution in [0.1, 0.15) is 45.2 Å². The molecule has 0 aliphatic heterocycles. The van der Waals surface area contributed by atoms with Gasteiger partial charge >= 0.3 is 0 Å². The number of hydrogen-bond acceptors (Lipinski definition) is 2. The number of rotatable bonds is 5. The van der Waals surface area contributed by atoms with Crippen molar-refractivity contribution in [3.63, 3.8) is 0 Å². The molecule has 1 rings (SSSR count). The van der Waals surface area contributed by atoms with Gasteiger partial charge in [-0.25, -0.2) is 0 Å². The van der Waals surface area contributed by atoms with E-state index in [2.05, 4.69) is 64.3 Å². The van der Waals surface area contributed by atoms with Crippen LogP contribution >= 0.6 is 0 Å². The van der Waals surface area contributed by atoms with Crippen LogP contribution in [0.25, 0.3) is 0 Å². The van der Waals surface area contributed by atoms with Crippen LogP contribution in [0.5, 0.6) is 0 Å². The normalized spacial score (nSPS) is 15.4. The molecule has 102 valence electrons. The van der Waals surface area contributed by atoms with Crippen molar-refractivity contribution < 1.29 is 0 Å². The van der Waals surface area contributed by atoms with Gasteiger partial charge in [0.25, 0.3) is 0 Å². The fourth-order valence-corrected chi connectivity index (χ4v) is 2.11. The summed E-state index contributed by atoms with van der Waals surface area (Å²) in [6.45, 7) is 11.3. The predicted octanol–water partition coefficient (Wildman–Crippen LogP) is 3.44. The molecule has 2 atom stereocenters. The van der Waals surface area contributed by atoms with E-state index in [1.807, 2.05) is 0 Å². The number of hydrogen-bond donors (Lipinski definition) is 2. The lowest BCUT2D eigenvalue weighted by Gasteiger charge is -2.30. The summed E-state index contributed by atoms with van der Waals surface area (Å²) in [5.74, 6) is 6.34. The van der Waals surface area contributed by atoms with E-state index in [-0.39, 0.29) is 0 Å². The molecule has 0 spiro atoms. The molecule has 0 heterocycles. The molecule has 0 aliphatic rings. The molecule has 1 aromatic carbocycles. The molecule has 2 nitrogen and oxygen atoms in total. The van der Waals surface area contributed by atoms with Gasteiger partial charge in [0.05, 0.1) is 0 Å². The largest absolute Gasteiger partial charge is 0.271 e. The molecule has 0 aromatic heterocycles. The Balaban J connectivity index is 2.63. The highest BCUT2D eigenvalue weighted by atomic mass is 15.2. The van der Waals surface area contributed by atoms with E-state index in [9.17, 15) is 0 Å². The predicted molar refractivity (Wildman–Crippen MR) is 79.2 cm³/mol. The Hall–Kier alpha value is -0.860. The van der Waals surface area contributed by atoms with Gasteiger partial charge in [-0.05, 0) is 36.7 Å². The Kier molecular flexibility index (Phi) is 5.36. The first-order valence-electron chi connectivity index (χ1n) is 6.84. The molecular weight excluding hydrogens is 220 g/mol. The minimum absolute atomic E-state index is 0.335. The maximum absolute atomic E-state index is 5.70. The van der Waals surface area contributed by atoms with Gasteiger partial charge in [0.2, 0.25) is 0 Å². The van der Waals surface area contributed by atoms with Crippen molar-refractivity contribution in [2.45, 2.75) is 53.5 Å². The summed E-state index contributed by atoms with van der Waals surface area (Å²) in [7, 11) is 0. The van der Waals surface area contributed by atoms with E-state index in [1.165, 1.54) is 11.1 Å². The third kappa shape index (κ3) is 4.79. The van der Waals surface area contributed by atoms with Crippen molar-refractivity contribution >= 4 is 0 Å². The summed E-state index contributed by atoms with van der Waals surface area (Å²) in [5, 5.41) is 0. The Morgan fingerprint density at radius 1 is 1.28 bits per heavy atom. The van der Waals surface area contributed by atoms with E-state index < -0.39 is 0 Å². The maximum Gasteiger partial charge on any atom is 0.0253 e. The Morgan fingerprint density at radius 2 is 1.94 bits per heavy atom. The minimum Gasteiger partial charge on any atom is -0.271 e. The maximum atomic E-state index is 5.70. The Bertz CT molecular complexity index is 366. The lowest BCUT2D eigenvalue weighted by Crippen LogP contribution is -2.39. The van der Waals surface area contributed by atoms with Crippen molar-refractivity contribution in [3.8, 4) is 0 Å². The lowest BCUT2D eigenvalue weighted by molar-refractivity contribution is 0.222. The number of benzene rings is 1. The highest BCUT2D eigenvalue weighted by molar-refractivity contribution is 5.23. The SMILES string of the molecule is Cc1cccc(CC(CC(C)C(C)(C)C)NN)c1. The Labute approximate surface area is 112 Å². The third-order valence-electron chi connectivity index (χ3n) is 3.92. The van der Waals surface area contributed by atoms with Gasteiger partial charge in [0.1, 0.15) is 0 Å². The summed E-state index contributed by atoms with van der Waals surface area (Å²) in [4.78, 5) is 0. The molecule has 0 saturated heterocycles. The summed E-state index contributed by atoms with van der Waals surface area (Å²) in [6.07, 6.45) is 2.10. The molecule has 0 fully saturated rings. The van der Waals surface area contributed by atoms with Gasteiger partial charge in [-0.2, -0.15) is 0 Å². The molecule has 0 bridgehead atoms. The number of aryl methyl sites for hydroxylation is 1. The van der Waals surface area contributed by atoms with Crippen LogP contribution in [0.2, 0.25) is 0 Å². The monoisotopic (exact) mass is 248 g/mol.